The van der Waals surface area contributed by atoms with Crippen molar-refractivity contribution < 1.29 is 14.7 Å². The molecular weight excluding hydrogens is 252 g/mol. The first-order chi connectivity index (χ1) is 9.03. The van der Waals surface area contributed by atoms with Gasteiger partial charge in [0, 0.05) is 12.8 Å². The average Bonchev–Trinajstić information content (AvgIpc) is 2.32. The summed E-state index contributed by atoms with van der Waals surface area (Å²) >= 11 is 0. The molecular formula is C17H32O3. The maximum absolute atomic E-state index is 12.3. The van der Waals surface area contributed by atoms with Gasteiger partial charge in [-0.25, -0.2) is 0 Å². The van der Waals surface area contributed by atoms with Crippen molar-refractivity contribution in [1.82, 2.24) is 0 Å². The van der Waals surface area contributed by atoms with E-state index in [0.29, 0.717) is 6.42 Å². The van der Waals surface area contributed by atoms with Crippen molar-refractivity contribution in [1.29, 1.82) is 0 Å². The minimum Gasteiger partial charge on any atom is -0.392 e. The SMILES string of the molecule is CCCCCCC(=O)C(C)(C)C(=O)CC(O)C(C)(C)C. The molecule has 0 rings (SSSR count). The minimum absolute atomic E-state index is 0.000266. The molecule has 0 fully saturated rings. The Hall–Kier alpha value is -0.700. The molecule has 0 radical (unpaired) electrons. The van der Waals surface area contributed by atoms with Crippen LogP contribution in [-0.4, -0.2) is 22.8 Å². The Kier molecular flexibility index (Phi) is 7.64. The number of carbonyl (C=O) groups excluding carboxylic acids is 2. The van der Waals surface area contributed by atoms with Crippen LogP contribution in [0.3, 0.4) is 0 Å². The third-order valence-corrected chi connectivity index (χ3v) is 4.03. The van der Waals surface area contributed by atoms with E-state index in [4.69, 9.17) is 0 Å². The van der Waals surface area contributed by atoms with Crippen molar-refractivity contribution in [2.45, 2.75) is 86.2 Å². The van der Waals surface area contributed by atoms with Crippen LogP contribution in [0.1, 0.15) is 80.1 Å². The van der Waals surface area contributed by atoms with Crippen LogP contribution in [-0.2, 0) is 9.59 Å². The lowest BCUT2D eigenvalue weighted by Crippen LogP contribution is -2.38. The number of rotatable bonds is 9. The molecule has 0 amide bonds. The summed E-state index contributed by atoms with van der Waals surface area (Å²) in [6, 6.07) is 0. The summed E-state index contributed by atoms with van der Waals surface area (Å²) in [6.45, 7) is 11.2. The predicted molar refractivity (Wildman–Crippen MR) is 82.6 cm³/mol. The van der Waals surface area contributed by atoms with Crippen molar-refractivity contribution >= 4 is 11.6 Å². The number of aliphatic hydroxyl groups is 1. The highest BCUT2D eigenvalue weighted by molar-refractivity contribution is 6.06. The zero-order chi connectivity index (χ0) is 16.0. The van der Waals surface area contributed by atoms with Crippen molar-refractivity contribution in [2.24, 2.45) is 10.8 Å². The molecule has 0 aromatic carbocycles. The number of carbonyl (C=O) groups is 2. The molecule has 20 heavy (non-hydrogen) atoms. The fraction of sp³-hybridized carbons (Fsp3) is 0.882. The van der Waals surface area contributed by atoms with Crippen LogP contribution >= 0.6 is 0 Å². The van der Waals surface area contributed by atoms with E-state index in [-0.39, 0.29) is 23.4 Å². The number of ketones is 2. The van der Waals surface area contributed by atoms with E-state index in [0.717, 1.165) is 25.7 Å². The molecule has 0 aliphatic heterocycles. The monoisotopic (exact) mass is 284 g/mol. The third-order valence-electron chi connectivity index (χ3n) is 4.03. The Morgan fingerprint density at radius 3 is 1.95 bits per heavy atom. The fourth-order valence-corrected chi connectivity index (χ4v) is 1.92. The molecule has 0 aliphatic carbocycles. The summed E-state index contributed by atoms with van der Waals surface area (Å²) in [5, 5.41) is 10.0. The predicted octanol–water partition coefficient (Wildman–Crippen LogP) is 3.92. The van der Waals surface area contributed by atoms with E-state index >= 15 is 0 Å². The number of hydrogen-bond acceptors (Lipinski definition) is 3. The van der Waals surface area contributed by atoms with Crippen LogP contribution in [0.5, 0.6) is 0 Å². The Labute approximate surface area is 124 Å². The topological polar surface area (TPSA) is 54.4 Å². The lowest BCUT2D eigenvalue weighted by Gasteiger charge is -2.29. The lowest BCUT2D eigenvalue weighted by molar-refractivity contribution is -0.140. The maximum atomic E-state index is 12.3. The minimum atomic E-state index is -0.974. The van der Waals surface area contributed by atoms with Gasteiger partial charge in [-0.1, -0.05) is 47.0 Å². The molecule has 0 saturated heterocycles. The second-order valence-corrected chi connectivity index (χ2v) is 7.37. The molecule has 0 aromatic heterocycles. The first-order valence-electron chi connectivity index (χ1n) is 7.78. The van der Waals surface area contributed by atoms with Gasteiger partial charge in [0.25, 0.3) is 0 Å². The van der Waals surface area contributed by atoms with Crippen molar-refractivity contribution in [2.75, 3.05) is 0 Å². The van der Waals surface area contributed by atoms with Crippen LogP contribution in [0.2, 0.25) is 0 Å². The molecule has 3 nitrogen and oxygen atoms in total. The summed E-state index contributed by atoms with van der Waals surface area (Å²) < 4.78 is 0. The molecule has 0 bridgehead atoms. The van der Waals surface area contributed by atoms with Gasteiger partial charge in [0.15, 0.2) is 0 Å². The normalized spacial score (nSPS) is 14.2. The van der Waals surface area contributed by atoms with E-state index in [9.17, 15) is 14.7 Å². The highest BCUT2D eigenvalue weighted by atomic mass is 16.3. The van der Waals surface area contributed by atoms with Crippen molar-refractivity contribution in [3.63, 3.8) is 0 Å². The molecule has 0 saturated carbocycles. The Morgan fingerprint density at radius 1 is 0.950 bits per heavy atom. The van der Waals surface area contributed by atoms with Crippen LogP contribution < -0.4 is 0 Å². The zero-order valence-electron chi connectivity index (χ0n) is 14.1. The van der Waals surface area contributed by atoms with Gasteiger partial charge < -0.3 is 5.11 Å². The molecule has 0 aromatic rings. The molecule has 118 valence electrons. The Balaban J connectivity index is 4.46. The molecule has 1 N–H and O–H groups in total. The van der Waals surface area contributed by atoms with Crippen LogP contribution in [0.4, 0.5) is 0 Å². The number of Topliss-reactive ketones (excluding diaryl/α,β-unsaturated/α-hetero) is 2. The van der Waals surface area contributed by atoms with Gasteiger partial charge in [-0.15, -0.1) is 0 Å². The molecule has 0 heterocycles. The summed E-state index contributed by atoms with van der Waals surface area (Å²) in [6.07, 6.45) is 3.96. The maximum Gasteiger partial charge on any atom is 0.148 e. The fourth-order valence-electron chi connectivity index (χ4n) is 1.92. The molecule has 0 aliphatic rings. The van der Waals surface area contributed by atoms with E-state index in [1.807, 2.05) is 20.8 Å². The zero-order valence-corrected chi connectivity index (χ0v) is 14.1. The van der Waals surface area contributed by atoms with Gasteiger partial charge in [0.05, 0.1) is 11.5 Å². The van der Waals surface area contributed by atoms with Gasteiger partial charge in [0.2, 0.25) is 0 Å². The molecule has 3 heteroatoms. The molecule has 0 spiro atoms. The summed E-state index contributed by atoms with van der Waals surface area (Å²) in [7, 11) is 0. The standard InChI is InChI=1S/C17H32O3/c1-7-8-9-10-11-13(18)17(5,6)15(20)12-14(19)16(2,3)4/h14,19H,7-12H2,1-6H3. The summed E-state index contributed by atoms with van der Waals surface area (Å²) in [5.74, 6) is -0.153. The highest BCUT2D eigenvalue weighted by Crippen LogP contribution is 2.28. The van der Waals surface area contributed by atoms with Gasteiger partial charge in [-0.3, -0.25) is 9.59 Å². The second kappa shape index (κ2) is 7.92. The molecule has 1 atom stereocenters. The summed E-state index contributed by atoms with van der Waals surface area (Å²) in [5.41, 5.74) is -1.31. The largest absolute Gasteiger partial charge is 0.392 e. The Bertz CT molecular complexity index is 324. The van der Waals surface area contributed by atoms with Gasteiger partial charge >= 0.3 is 0 Å². The van der Waals surface area contributed by atoms with E-state index in [1.165, 1.54) is 0 Å². The molecule has 1 unspecified atom stereocenters. The second-order valence-electron chi connectivity index (χ2n) is 7.37. The lowest BCUT2D eigenvalue weighted by atomic mass is 9.76. The highest BCUT2D eigenvalue weighted by Gasteiger charge is 2.37. The first-order valence-corrected chi connectivity index (χ1v) is 7.78. The quantitative estimate of drug-likeness (QED) is 0.516. The van der Waals surface area contributed by atoms with Crippen LogP contribution in [0.15, 0.2) is 0 Å². The Morgan fingerprint density at radius 2 is 1.50 bits per heavy atom. The van der Waals surface area contributed by atoms with Gasteiger partial charge in [-0.05, 0) is 25.7 Å². The van der Waals surface area contributed by atoms with E-state index in [2.05, 4.69) is 6.92 Å². The van der Waals surface area contributed by atoms with Crippen LogP contribution in [0.25, 0.3) is 0 Å². The summed E-state index contributed by atoms with van der Waals surface area (Å²) in [4.78, 5) is 24.5. The number of aliphatic hydroxyl groups excluding tert-OH is 1. The number of hydrogen-bond donors (Lipinski definition) is 1. The smallest absolute Gasteiger partial charge is 0.148 e. The van der Waals surface area contributed by atoms with Crippen LogP contribution in [0, 0.1) is 10.8 Å². The van der Waals surface area contributed by atoms with Gasteiger partial charge in [0.1, 0.15) is 11.6 Å². The van der Waals surface area contributed by atoms with Crippen molar-refractivity contribution in [3.05, 3.63) is 0 Å². The van der Waals surface area contributed by atoms with E-state index < -0.39 is 11.5 Å². The first kappa shape index (κ1) is 19.3. The average molecular weight is 284 g/mol. The van der Waals surface area contributed by atoms with Gasteiger partial charge in [-0.2, -0.15) is 0 Å². The van der Waals surface area contributed by atoms with E-state index in [1.54, 1.807) is 13.8 Å². The number of unbranched alkanes of at least 4 members (excludes halogenated alkanes) is 3. The third kappa shape index (κ3) is 6.17. The van der Waals surface area contributed by atoms with Crippen molar-refractivity contribution in [3.8, 4) is 0 Å².